The summed E-state index contributed by atoms with van der Waals surface area (Å²) < 4.78 is 27.1. The number of rotatable bonds is 8. The summed E-state index contributed by atoms with van der Waals surface area (Å²) in [4.78, 5) is 18.5. The molecule has 0 radical (unpaired) electrons. The summed E-state index contributed by atoms with van der Waals surface area (Å²) in [5, 5.41) is 13.8. The highest BCUT2D eigenvalue weighted by Gasteiger charge is 2.29. The van der Waals surface area contributed by atoms with Gasteiger partial charge in [0.05, 0.1) is 17.6 Å². The Morgan fingerprint density at radius 1 is 1.05 bits per heavy atom. The van der Waals surface area contributed by atoms with Crippen LogP contribution in [0.3, 0.4) is 0 Å². The van der Waals surface area contributed by atoms with Gasteiger partial charge >= 0.3 is 0 Å². The van der Waals surface area contributed by atoms with E-state index >= 15 is 0 Å². The molecule has 2 aromatic heterocycles. The summed E-state index contributed by atoms with van der Waals surface area (Å²) in [6.45, 7) is 3.96. The Kier molecular flexibility index (Phi) is 7.28. The zero-order chi connectivity index (χ0) is 26.8. The number of tetrazole rings is 1. The molecule has 6 rings (SSSR count). The standard InChI is InChI=1S/C29H33FN6O3/c1-2-25(28-32-33-34-36(28)23-6-4-3-5-7-23)35(17-19-8-10-22(30)11-9-19)18-21-14-20-15-26-27(39-13-12-38-26)16-24(20)31-29(21)37/h8-11,14-16,23,25H,2-7,12-13,17-18H2,1H3,(H,31,37)/t25-/m1/s1. The third-order valence-electron chi connectivity index (χ3n) is 7.82. The fourth-order valence-corrected chi connectivity index (χ4v) is 5.83. The highest BCUT2D eigenvalue weighted by Crippen LogP contribution is 2.35. The second kappa shape index (κ2) is 11.1. The van der Waals surface area contributed by atoms with Crippen molar-refractivity contribution in [3.8, 4) is 11.5 Å². The summed E-state index contributed by atoms with van der Waals surface area (Å²) in [5.41, 5.74) is 2.11. The van der Waals surface area contributed by atoms with Gasteiger partial charge in [0.2, 0.25) is 0 Å². The van der Waals surface area contributed by atoms with Gasteiger partial charge in [-0.25, -0.2) is 9.07 Å². The first-order chi connectivity index (χ1) is 19.1. The lowest BCUT2D eigenvalue weighted by molar-refractivity contribution is 0.155. The number of halogens is 1. The first kappa shape index (κ1) is 25.5. The van der Waals surface area contributed by atoms with E-state index in [4.69, 9.17) is 9.47 Å². The average Bonchev–Trinajstić information content (AvgIpc) is 3.44. The Morgan fingerprint density at radius 2 is 1.79 bits per heavy atom. The van der Waals surface area contributed by atoms with E-state index in [2.05, 4.69) is 32.3 Å². The summed E-state index contributed by atoms with van der Waals surface area (Å²) >= 11 is 0. The highest BCUT2D eigenvalue weighted by molar-refractivity contribution is 5.83. The largest absolute Gasteiger partial charge is 0.486 e. The van der Waals surface area contributed by atoms with Gasteiger partial charge in [-0.3, -0.25) is 9.69 Å². The molecule has 0 saturated heterocycles. The van der Waals surface area contributed by atoms with Gasteiger partial charge in [-0.05, 0) is 59.5 Å². The molecule has 1 N–H and O–H groups in total. The van der Waals surface area contributed by atoms with Gasteiger partial charge in [0, 0.05) is 30.1 Å². The van der Waals surface area contributed by atoms with Crippen LogP contribution in [-0.2, 0) is 13.1 Å². The van der Waals surface area contributed by atoms with Crippen molar-refractivity contribution in [1.82, 2.24) is 30.1 Å². The molecule has 204 valence electrons. The topological polar surface area (TPSA) is 98.2 Å². The van der Waals surface area contributed by atoms with Gasteiger partial charge in [0.15, 0.2) is 17.3 Å². The minimum Gasteiger partial charge on any atom is -0.486 e. The molecule has 0 bridgehead atoms. The average molecular weight is 533 g/mol. The fraction of sp³-hybridized carbons (Fsp3) is 0.448. The van der Waals surface area contributed by atoms with Gasteiger partial charge in [-0.15, -0.1) is 5.10 Å². The Hall–Kier alpha value is -3.79. The monoisotopic (exact) mass is 532 g/mol. The molecule has 39 heavy (non-hydrogen) atoms. The van der Waals surface area contributed by atoms with Gasteiger partial charge in [-0.2, -0.15) is 0 Å². The number of hydrogen-bond donors (Lipinski definition) is 1. The lowest BCUT2D eigenvalue weighted by Gasteiger charge is -2.32. The minimum atomic E-state index is -0.279. The van der Waals surface area contributed by atoms with E-state index in [1.165, 1.54) is 31.4 Å². The van der Waals surface area contributed by atoms with Gasteiger partial charge in [0.25, 0.3) is 5.56 Å². The number of pyridine rings is 1. The van der Waals surface area contributed by atoms with Gasteiger partial charge < -0.3 is 14.5 Å². The van der Waals surface area contributed by atoms with E-state index in [9.17, 15) is 9.18 Å². The molecule has 2 aromatic carbocycles. The lowest BCUT2D eigenvalue weighted by atomic mass is 9.95. The second-order valence-corrected chi connectivity index (χ2v) is 10.4. The van der Waals surface area contributed by atoms with Crippen LogP contribution in [0.25, 0.3) is 10.9 Å². The summed E-state index contributed by atoms with van der Waals surface area (Å²) in [6, 6.07) is 12.3. The van der Waals surface area contributed by atoms with E-state index in [0.717, 1.165) is 36.0 Å². The minimum absolute atomic E-state index is 0.137. The summed E-state index contributed by atoms with van der Waals surface area (Å²) in [6.07, 6.45) is 6.46. The number of nitrogens with one attached hydrogen (secondary N) is 1. The Bertz CT molecular complexity index is 1500. The molecule has 1 atom stereocenters. The number of aromatic nitrogens is 5. The van der Waals surface area contributed by atoms with Crippen LogP contribution in [0.2, 0.25) is 0 Å². The number of aromatic amines is 1. The number of H-pyrrole nitrogens is 1. The van der Waals surface area contributed by atoms with E-state index < -0.39 is 0 Å². The molecule has 2 aliphatic rings. The van der Waals surface area contributed by atoms with Crippen molar-refractivity contribution in [2.45, 2.75) is 70.6 Å². The molecule has 0 amide bonds. The zero-order valence-corrected chi connectivity index (χ0v) is 22.1. The maximum absolute atomic E-state index is 13.7. The fourth-order valence-electron chi connectivity index (χ4n) is 5.83. The Morgan fingerprint density at radius 3 is 2.54 bits per heavy atom. The maximum atomic E-state index is 13.7. The predicted octanol–water partition coefficient (Wildman–Crippen LogP) is 5.08. The lowest BCUT2D eigenvalue weighted by Crippen LogP contribution is -2.33. The normalized spacial score (nSPS) is 16.6. The number of hydrogen-bond acceptors (Lipinski definition) is 7. The van der Waals surface area contributed by atoms with Crippen molar-refractivity contribution in [3.63, 3.8) is 0 Å². The maximum Gasteiger partial charge on any atom is 0.252 e. The molecular weight excluding hydrogens is 499 g/mol. The summed E-state index contributed by atoms with van der Waals surface area (Å²) in [5.74, 6) is 1.84. The molecular formula is C29H33FN6O3. The number of nitrogens with zero attached hydrogens (tertiary/aromatic N) is 5. The second-order valence-electron chi connectivity index (χ2n) is 10.4. The van der Waals surface area contributed by atoms with Crippen LogP contribution in [0.1, 0.15) is 74.5 Å². The van der Waals surface area contributed by atoms with Crippen LogP contribution in [0, 0.1) is 5.82 Å². The van der Waals surface area contributed by atoms with Crippen LogP contribution in [0.5, 0.6) is 11.5 Å². The number of ether oxygens (including phenoxy) is 2. The van der Waals surface area contributed by atoms with E-state index in [1.54, 1.807) is 12.1 Å². The molecule has 1 aliphatic carbocycles. The molecule has 0 spiro atoms. The van der Waals surface area contributed by atoms with E-state index in [1.807, 2.05) is 22.9 Å². The molecule has 1 fully saturated rings. The SMILES string of the molecule is CC[C@H](c1nnnn1C1CCCCC1)N(Cc1ccc(F)cc1)Cc1cc2cc3c(cc2[nH]c1=O)OCCO3. The first-order valence-corrected chi connectivity index (χ1v) is 13.8. The molecule has 9 nitrogen and oxygen atoms in total. The number of benzene rings is 2. The van der Waals surface area contributed by atoms with Crippen LogP contribution < -0.4 is 15.0 Å². The smallest absolute Gasteiger partial charge is 0.252 e. The van der Waals surface area contributed by atoms with Gasteiger partial charge in [0.1, 0.15) is 19.0 Å². The molecule has 1 saturated carbocycles. The van der Waals surface area contributed by atoms with E-state index in [-0.39, 0.29) is 23.5 Å². The Labute approximate surface area is 225 Å². The third-order valence-corrected chi connectivity index (χ3v) is 7.82. The zero-order valence-electron chi connectivity index (χ0n) is 22.1. The molecule has 1 aliphatic heterocycles. The van der Waals surface area contributed by atoms with Crippen LogP contribution in [-0.4, -0.2) is 43.3 Å². The highest BCUT2D eigenvalue weighted by atomic mass is 19.1. The Balaban J connectivity index is 1.37. The van der Waals surface area contributed by atoms with Crippen molar-refractivity contribution in [2.75, 3.05) is 13.2 Å². The van der Waals surface area contributed by atoms with E-state index in [0.29, 0.717) is 48.9 Å². The van der Waals surface area contributed by atoms with Crippen molar-refractivity contribution in [1.29, 1.82) is 0 Å². The van der Waals surface area contributed by atoms with Crippen molar-refractivity contribution in [2.24, 2.45) is 0 Å². The summed E-state index contributed by atoms with van der Waals surface area (Å²) in [7, 11) is 0. The van der Waals surface area contributed by atoms with Crippen LogP contribution >= 0.6 is 0 Å². The quantitative estimate of drug-likeness (QED) is 0.338. The van der Waals surface area contributed by atoms with Crippen molar-refractivity contribution >= 4 is 10.9 Å². The van der Waals surface area contributed by atoms with Crippen molar-refractivity contribution < 1.29 is 13.9 Å². The molecule has 10 heteroatoms. The van der Waals surface area contributed by atoms with Crippen LogP contribution in [0.15, 0.2) is 47.3 Å². The predicted molar refractivity (Wildman–Crippen MR) is 144 cm³/mol. The molecule has 4 aromatic rings. The first-order valence-electron chi connectivity index (χ1n) is 13.8. The molecule has 3 heterocycles. The third kappa shape index (κ3) is 5.38. The van der Waals surface area contributed by atoms with Gasteiger partial charge in [-0.1, -0.05) is 38.3 Å². The van der Waals surface area contributed by atoms with Crippen LogP contribution in [0.4, 0.5) is 4.39 Å². The number of fused-ring (bicyclic) bond motifs is 2. The van der Waals surface area contributed by atoms with Crippen molar-refractivity contribution in [3.05, 3.63) is 75.6 Å². The molecule has 0 unspecified atom stereocenters.